The van der Waals surface area contributed by atoms with Gasteiger partial charge in [0.15, 0.2) is 0 Å². The molecular weight excluding hydrogens is 140 g/mol. The van der Waals surface area contributed by atoms with Crippen molar-refractivity contribution in [3.05, 3.63) is 36.3 Å². The third kappa shape index (κ3) is 1.05. The number of hydrogen-bond donors (Lipinski definition) is 1. The van der Waals surface area contributed by atoms with Gasteiger partial charge in [-0.25, -0.2) is 0 Å². The molecule has 2 rings (SSSR count). The fourth-order valence-electron chi connectivity index (χ4n) is 1.12. The molecule has 1 amide bonds. The Morgan fingerprint density at radius 2 is 2.36 bits per heavy atom. The van der Waals surface area contributed by atoms with Gasteiger partial charge >= 0.3 is 0 Å². The SMILES string of the molecule is O=C1CN2C=CC=CC2=CN1. The zero-order chi connectivity index (χ0) is 7.68. The van der Waals surface area contributed by atoms with Crippen molar-refractivity contribution in [2.24, 2.45) is 0 Å². The molecule has 11 heavy (non-hydrogen) atoms. The molecule has 0 aliphatic carbocycles. The van der Waals surface area contributed by atoms with Gasteiger partial charge in [-0.05, 0) is 12.2 Å². The summed E-state index contributed by atoms with van der Waals surface area (Å²) in [6.45, 7) is 0.423. The topological polar surface area (TPSA) is 32.3 Å². The van der Waals surface area contributed by atoms with E-state index in [-0.39, 0.29) is 5.91 Å². The molecule has 0 unspecified atom stereocenters. The summed E-state index contributed by atoms with van der Waals surface area (Å²) in [6.07, 6.45) is 9.42. The largest absolute Gasteiger partial charge is 0.337 e. The van der Waals surface area contributed by atoms with Crippen molar-refractivity contribution < 1.29 is 4.79 Å². The van der Waals surface area contributed by atoms with Crippen LogP contribution in [0.3, 0.4) is 0 Å². The van der Waals surface area contributed by atoms with Crippen LogP contribution >= 0.6 is 0 Å². The Bertz CT molecular complexity index is 276. The zero-order valence-corrected chi connectivity index (χ0v) is 5.95. The minimum Gasteiger partial charge on any atom is -0.337 e. The number of allylic oxidation sites excluding steroid dienone is 3. The van der Waals surface area contributed by atoms with E-state index in [0.717, 1.165) is 5.70 Å². The summed E-state index contributed by atoms with van der Waals surface area (Å²) in [4.78, 5) is 12.8. The van der Waals surface area contributed by atoms with E-state index in [9.17, 15) is 4.79 Å². The van der Waals surface area contributed by atoms with Gasteiger partial charge < -0.3 is 10.2 Å². The van der Waals surface area contributed by atoms with E-state index in [4.69, 9.17) is 0 Å². The second-order valence-electron chi connectivity index (χ2n) is 2.47. The second kappa shape index (κ2) is 2.27. The summed E-state index contributed by atoms with van der Waals surface area (Å²) in [5.74, 6) is 0.0358. The van der Waals surface area contributed by atoms with E-state index >= 15 is 0 Å². The number of hydrogen-bond acceptors (Lipinski definition) is 2. The van der Waals surface area contributed by atoms with Gasteiger partial charge in [0.2, 0.25) is 5.91 Å². The molecule has 0 radical (unpaired) electrons. The monoisotopic (exact) mass is 148 g/mol. The zero-order valence-electron chi connectivity index (χ0n) is 5.95. The number of fused-ring (bicyclic) bond motifs is 1. The van der Waals surface area contributed by atoms with Crippen LogP contribution in [0.25, 0.3) is 0 Å². The van der Waals surface area contributed by atoms with Gasteiger partial charge in [-0.1, -0.05) is 6.08 Å². The fourth-order valence-corrected chi connectivity index (χ4v) is 1.12. The fraction of sp³-hybridized carbons (Fsp3) is 0.125. The van der Waals surface area contributed by atoms with Crippen LogP contribution in [0.5, 0.6) is 0 Å². The van der Waals surface area contributed by atoms with E-state index in [2.05, 4.69) is 5.32 Å². The van der Waals surface area contributed by atoms with Crippen LogP contribution in [0.2, 0.25) is 0 Å². The number of nitrogens with one attached hydrogen (secondary N) is 1. The van der Waals surface area contributed by atoms with Crippen LogP contribution in [-0.2, 0) is 4.79 Å². The van der Waals surface area contributed by atoms with Gasteiger partial charge in [0.25, 0.3) is 0 Å². The summed E-state index contributed by atoms with van der Waals surface area (Å²) < 4.78 is 0. The Morgan fingerprint density at radius 1 is 1.45 bits per heavy atom. The average Bonchev–Trinajstić information content (AvgIpc) is 2.04. The number of rotatable bonds is 0. The highest BCUT2D eigenvalue weighted by Crippen LogP contribution is 2.12. The van der Waals surface area contributed by atoms with Crippen molar-refractivity contribution in [3.8, 4) is 0 Å². The highest BCUT2D eigenvalue weighted by atomic mass is 16.2. The van der Waals surface area contributed by atoms with Gasteiger partial charge in [-0.3, -0.25) is 4.79 Å². The molecule has 0 fully saturated rings. The van der Waals surface area contributed by atoms with E-state index < -0.39 is 0 Å². The van der Waals surface area contributed by atoms with Crippen molar-refractivity contribution in [1.82, 2.24) is 10.2 Å². The number of nitrogens with zero attached hydrogens (tertiary/aromatic N) is 1. The van der Waals surface area contributed by atoms with Crippen LogP contribution in [0.4, 0.5) is 0 Å². The highest BCUT2D eigenvalue weighted by molar-refractivity contribution is 5.81. The molecule has 0 aromatic carbocycles. The lowest BCUT2D eigenvalue weighted by Crippen LogP contribution is -2.37. The first-order valence-corrected chi connectivity index (χ1v) is 3.47. The number of carbonyl (C=O) groups is 1. The molecule has 3 heteroatoms. The van der Waals surface area contributed by atoms with Crippen molar-refractivity contribution in [2.75, 3.05) is 6.54 Å². The van der Waals surface area contributed by atoms with Crippen LogP contribution in [-0.4, -0.2) is 17.4 Å². The number of carbonyl (C=O) groups excluding carboxylic acids is 1. The minimum absolute atomic E-state index is 0.0358. The summed E-state index contributed by atoms with van der Waals surface area (Å²) in [6, 6.07) is 0. The smallest absolute Gasteiger partial charge is 0.243 e. The highest BCUT2D eigenvalue weighted by Gasteiger charge is 2.15. The van der Waals surface area contributed by atoms with Crippen LogP contribution in [0.15, 0.2) is 36.3 Å². The number of amides is 1. The van der Waals surface area contributed by atoms with Gasteiger partial charge in [0, 0.05) is 12.4 Å². The van der Waals surface area contributed by atoms with Crippen molar-refractivity contribution in [2.45, 2.75) is 0 Å². The van der Waals surface area contributed by atoms with Crippen LogP contribution < -0.4 is 5.32 Å². The molecule has 0 atom stereocenters. The van der Waals surface area contributed by atoms with Gasteiger partial charge in [0.05, 0.1) is 5.70 Å². The molecular formula is C8H8N2O. The molecule has 3 nitrogen and oxygen atoms in total. The molecule has 0 saturated carbocycles. The lowest BCUT2D eigenvalue weighted by atomic mass is 10.2. The van der Waals surface area contributed by atoms with Crippen LogP contribution in [0.1, 0.15) is 0 Å². The van der Waals surface area contributed by atoms with Gasteiger partial charge in [-0.2, -0.15) is 0 Å². The third-order valence-electron chi connectivity index (χ3n) is 1.67. The normalized spacial score (nSPS) is 20.9. The maximum atomic E-state index is 10.9. The van der Waals surface area contributed by atoms with Crippen molar-refractivity contribution in [3.63, 3.8) is 0 Å². The first-order valence-electron chi connectivity index (χ1n) is 3.47. The third-order valence-corrected chi connectivity index (χ3v) is 1.67. The molecule has 0 spiro atoms. The Morgan fingerprint density at radius 3 is 3.27 bits per heavy atom. The summed E-state index contributed by atoms with van der Waals surface area (Å²) in [7, 11) is 0. The Balaban J connectivity index is 2.30. The predicted octanol–water partition coefficient (Wildman–Crippen LogP) is 0.343. The minimum atomic E-state index is 0.0358. The molecule has 0 aromatic heterocycles. The molecule has 1 N–H and O–H groups in total. The molecule has 2 aliphatic rings. The predicted molar refractivity (Wildman–Crippen MR) is 41.2 cm³/mol. The van der Waals surface area contributed by atoms with Crippen LogP contribution in [0, 0.1) is 0 Å². The first-order chi connectivity index (χ1) is 5.36. The molecule has 56 valence electrons. The molecule has 0 saturated heterocycles. The van der Waals surface area contributed by atoms with Crippen molar-refractivity contribution >= 4 is 5.91 Å². The maximum absolute atomic E-state index is 10.9. The second-order valence-corrected chi connectivity index (χ2v) is 2.47. The standard InChI is InChI=1S/C8H8N2O/c11-8-6-10-4-2-1-3-7(10)5-9-8/h1-5H,6H2,(H,9,11). The molecule has 2 heterocycles. The van der Waals surface area contributed by atoms with E-state index in [1.807, 2.05) is 29.3 Å². The van der Waals surface area contributed by atoms with Crippen molar-refractivity contribution in [1.29, 1.82) is 0 Å². The van der Waals surface area contributed by atoms with E-state index in [1.54, 1.807) is 6.20 Å². The Kier molecular flexibility index (Phi) is 1.28. The lowest BCUT2D eigenvalue weighted by molar-refractivity contribution is -0.121. The van der Waals surface area contributed by atoms with Gasteiger partial charge in [-0.15, -0.1) is 0 Å². The van der Waals surface area contributed by atoms with E-state index in [0.29, 0.717) is 6.54 Å². The van der Waals surface area contributed by atoms with Gasteiger partial charge in [0.1, 0.15) is 6.54 Å². The molecule has 0 aromatic rings. The quantitative estimate of drug-likeness (QED) is 0.537. The molecule has 0 bridgehead atoms. The average molecular weight is 148 g/mol. The lowest BCUT2D eigenvalue weighted by Gasteiger charge is -2.26. The Hall–Kier alpha value is -1.51. The summed E-state index contributed by atoms with van der Waals surface area (Å²) in [5, 5.41) is 2.65. The first kappa shape index (κ1) is 6.22. The summed E-state index contributed by atoms with van der Waals surface area (Å²) >= 11 is 0. The summed E-state index contributed by atoms with van der Waals surface area (Å²) in [5.41, 5.74) is 1.03. The molecule has 2 aliphatic heterocycles. The Labute approximate surface area is 64.7 Å². The van der Waals surface area contributed by atoms with E-state index in [1.165, 1.54) is 0 Å². The maximum Gasteiger partial charge on any atom is 0.243 e.